The molecule has 3 aromatic rings. The van der Waals surface area contributed by atoms with Gasteiger partial charge in [0.25, 0.3) is 0 Å². The van der Waals surface area contributed by atoms with Crippen LogP contribution in [0.1, 0.15) is 30.5 Å². The molecule has 0 bridgehead atoms. The monoisotopic (exact) mass is 542 g/mol. The Balaban J connectivity index is 1.23. The Morgan fingerprint density at radius 3 is 2.65 bits per heavy atom. The molecule has 0 radical (unpaired) electrons. The van der Waals surface area contributed by atoms with Crippen LogP contribution < -0.4 is 10.2 Å². The van der Waals surface area contributed by atoms with Crippen LogP contribution in [-0.2, 0) is 32.3 Å². The first-order valence-corrected chi connectivity index (χ1v) is 13.9. The highest BCUT2D eigenvalue weighted by molar-refractivity contribution is 7.85. The van der Waals surface area contributed by atoms with Crippen molar-refractivity contribution in [1.82, 2.24) is 19.5 Å². The first-order chi connectivity index (χ1) is 17.9. The second-order valence-corrected chi connectivity index (χ2v) is 11.7. The molecule has 1 atom stereocenters. The number of aryl methyl sites for hydroxylation is 1. The van der Waals surface area contributed by atoms with Gasteiger partial charge in [0.2, 0.25) is 5.95 Å². The first-order valence-electron chi connectivity index (χ1n) is 12.2. The molecule has 2 fully saturated rings. The van der Waals surface area contributed by atoms with Gasteiger partial charge >= 0.3 is 6.09 Å². The number of carbonyl (C=O) groups is 1. The Labute approximate surface area is 221 Å². The summed E-state index contributed by atoms with van der Waals surface area (Å²) in [5.41, 5.74) is 0.915. The van der Waals surface area contributed by atoms with Crippen LogP contribution in [0.4, 0.5) is 16.6 Å². The standard InChI is InChI=1S/C25H27ClN6O4S/c1-35-25(17-3-5-18(26)6-4-17)13-32(14-25)22-28-19-7-12-37(34)20(19)21(29-22)30-24(8-2-9-24)15-36-23(33)31-11-10-27-16-31/h3-6,10-11,16H,2,7-9,12-15H2,1H3,(H,28,29,30). The molecule has 1 saturated heterocycles. The molecule has 0 amide bonds. The summed E-state index contributed by atoms with van der Waals surface area (Å²) < 4.78 is 25.7. The van der Waals surface area contributed by atoms with Gasteiger partial charge in [0.15, 0.2) is 0 Å². The van der Waals surface area contributed by atoms with E-state index in [1.54, 1.807) is 13.3 Å². The number of rotatable bonds is 7. The Bertz CT molecular complexity index is 1340. The molecule has 1 unspecified atom stereocenters. The summed E-state index contributed by atoms with van der Waals surface area (Å²) in [7, 11) is 0.529. The third kappa shape index (κ3) is 4.38. The van der Waals surface area contributed by atoms with Gasteiger partial charge in [0.05, 0.1) is 35.1 Å². The van der Waals surface area contributed by atoms with Gasteiger partial charge in [-0.25, -0.2) is 19.3 Å². The summed E-state index contributed by atoms with van der Waals surface area (Å²) in [5, 5.41) is 4.20. The molecule has 0 spiro atoms. The van der Waals surface area contributed by atoms with E-state index in [9.17, 15) is 9.00 Å². The van der Waals surface area contributed by atoms with Crippen LogP contribution >= 0.6 is 11.6 Å². The molecule has 1 aliphatic carbocycles. The SMILES string of the molecule is COC1(c2ccc(Cl)cc2)CN(c2nc3c(c(NC4(COC(=O)n5ccnc5)CCC4)n2)S(=O)CC3)C1. The van der Waals surface area contributed by atoms with E-state index in [4.69, 9.17) is 31.0 Å². The molecule has 3 aliphatic rings. The third-order valence-corrected chi connectivity index (χ3v) is 9.20. The Morgan fingerprint density at radius 2 is 2.00 bits per heavy atom. The van der Waals surface area contributed by atoms with Crippen molar-refractivity contribution in [3.8, 4) is 0 Å². The zero-order valence-corrected chi connectivity index (χ0v) is 21.9. The minimum absolute atomic E-state index is 0.178. The van der Waals surface area contributed by atoms with E-state index in [-0.39, 0.29) is 6.61 Å². The van der Waals surface area contributed by atoms with E-state index in [1.165, 1.54) is 17.1 Å². The number of aromatic nitrogens is 4. The Morgan fingerprint density at radius 1 is 1.22 bits per heavy atom. The van der Waals surface area contributed by atoms with Crippen molar-refractivity contribution in [3.05, 3.63) is 59.3 Å². The number of nitrogens with one attached hydrogen (secondary N) is 1. The summed E-state index contributed by atoms with van der Waals surface area (Å²) in [4.78, 5) is 28.6. The van der Waals surface area contributed by atoms with Gasteiger partial charge in [-0.2, -0.15) is 4.98 Å². The van der Waals surface area contributed by atoms with Gasteiger partial charge in [-0.3, -0.25) is 4.21 Å². The third-order valence-electron chi connectivity index (χ3n) is 7.49. The Hall–Kier alpha value is -3.02. The van der Waals surface area contributed by atoms with Gasteiger partial charge in [-0.1, -0.05) is 23.7 Å². The molecular weight excluding hydrogens is 516 g/mol. The van der Waals surface area contributed by atoms with E-state index in [0.717, 1.165) is 30.5 Å². The molecule has 6 rings (SSSR count). The molecule has 2 aromatic heterocycles. The minimum atomic E-state index is -1.18. The van der Waals surface area contributed by atoms with E-state index in [0.29, 0.717) is 46.9 Å². The number of methoxy groups -OCH3 is 1. The van der Waals surface area contributed by atoms with Crippen LogP contribution in [0, 0.1) is 0 Å². The van der Waals surface area contributed by atoms with Crippen molar-refractivity contribution in [2.24, 2.45) is 0 Å². The lowest BCUT2D eigenvalue weighted by Gasteiger charge is -2.49. The molecule has 2 aliphatic heterocycles. The summed E-state index contributed by atoms with van der Waals surface area (Å²) in [6, 6.07) is 7.69. The van der Waals surface area contributed by atoms with Crippen LogP contribution in [0.25, 0.3) is 0 Å². The molecule has 12 heteroatoms. The lowest BCUT2D eigenvalue weighted by Crippen LogP contribution is -2.61. The summed E-state index contributed by atoms with van der Waals surface area (Å²) >= 11 is 6.07. The zero-order valence-electron chi connectivity index (χ0n) is 20.4. The van der Waals surface area contributed by atoms with Crippen molar-refractivity contribution in [3.63, 3.8) is 0 Å². The highest BCUT2D eigenvalue weighted by atomic mass is 35.5. The number of hydrogen-bond acceptors (Lipinski definition) is 9. The van der Waals surface area contributed by atoms with E-state index >= 15 is 0 Å². The fourth-order valence-corrected chi connectivity index (χ4v) is 6.54. The van der Waals surface area contributed by atoms with Crippen LogP contribution in [0.2, 0.25) is 5.02 Å². The van der Waals surface area contributed by atoms with E-state index < -0.39 is 28.0 Å². The maximum Gasteiger partial charge on any atom is 0.419 e. The average molecular weight is 543 g/mol. The molecule has 1 N–H and O–H groups in total. The van der Waals surface area contributed by atoms with Gasteiger partial charge < -0.3 is 19.7 Å². The van der Waals surface area contributed by atoms with Gasteiger partial charge in [-0.05, 0) is 37.0 Å². The van der Waals surface area contributed by atoms with Gasteiger partial charge in [-0.15, -0.1) is 0 Å². The van der Waals surface area contributed by atoms with Crippen LogP contribution in [0.15, 0.2) is 47.9 Å². The summed E-state index contributed by atoms with van der Waals surface area (Å²) in [5.74, 6) is 1.67. The van der Waals surface area contributed by atoms with E-state index in [1.807, 2.05) is 24.3 Å². The number of nitrogens with zero attached hydrogens (tertiary/aromatic N) is 5. The summed E-state index contributed by atoms with van der Waals surface area (Å²) in [6.07, 6.45) is 7.27. The molecule has 10 nitrogen and oxygen atoms in total. The number of anilines is 2. The molecule has 1 saturated carbocycles. The maximum atomic E-state index is 12.9. The predicted octanol–water partition coefficient (Wildman–Crippen LogP) is 3.37. The number of hydrogen-bond donors (Lipinski definition) is 1. The van der Waals surface area contributed by atoms with Crippen LogP contribution in [-0.4, -0.2) is 67.9 Å². The molecule has 1 aromatic carbocycles. The van der Waals surface area contributed by atoms with Gasteiger partial charge in [0, 0.05) is 36.7 Å². The number of fused-ring (bicyclic) bond motifs is 1. The number of imidazole rings is 1. The van der Waals surface area contributed by atoms with E-state index in [2.05, 4.69) is 15.2 Å². The molecular formula is C25H27ClN6O4S. The lowest BCUT2D eigenvalue weighted by atomic mass is 9.77. The Kier molecular flexibility index (Phi) is 6.16. The fraction of sp³-hybridized carbons (Fsp3) is 0.440. The first kappa shape index (κ1) is 24.3. The number of halogens is 1. The smallest absolute Gasteiger partial charge is 0.419 e. The van der Waals surface area contributed by atoms with Crippen LogP contribution in [0.5, 0.6) is 0 Å². The normalized spacial score (nSPS) is 21.0. The molecule has 194 valence electrons. The average Bonchev–Trinajstić information content (AvgIpc) is 3.52. The fourth-order valence-electron chi connectivity index (χ4n) is 5.11. The van der Waals surface area contributed by atoms with Crippen molar-refractivity contribution in [2.75, 3.05) is 42.8 Å². The van der Waals surface area contributed by atoms with Gasteiger partial charge in [0.1, 0.15) is 29.2 Å². The maximum absolute atomic E-state index is 12.9. The molecule has 4 heterocycles. The number of ether oxygens (including phenoxy) is 2. The van der Waals surface area contributed by atoms with Crippen LogP contribution in [0.3, 0.4) is 0 Å². The second-order valence-electron chi connectivity index (χ2n) is 9.79. The topological polar surface area (TPSA) is 111 Å². The molecule has 37 heavy (non-hydrogen) atoms. The number of benzene rings is 1. The van der Waals surface area contributed by atoms with Crippen molar-refractivity contribution in [1.29, 1.82) is 0 Å². The highest BCUT2D eigenvalue weighted by Gasteiger charge is 2.47. The lowest BCUT2D eigenvalue weighted by molar-refractivity contribution is -0.0390. The van der Waals surface area contributed by atoms with Crippen molar-refractivity contribution < 1.29 is 18.5 Å². The second kappa shape index (κ2) is 9.38. The van der Waals surface area contributed by atoms with Crippen molar-refractivity contribution >= 4 is 40.3 Å². The minimum Gasteiger partial charge on any atom is -0.446 e. The number of carbonyl (C=O) groups excluding carboxylic acids is 1. The van der Waals surface area contributed by atoms with Crippen molar-refractivity contribution in [2.45, 2.75) is 41.7 Å². The highest BCUT2D eigenvalue weighted by Crippen LogP contribution is 2.41. The largest absolute Gasteiger partial charge is 0.446 e. The predicted molar refractivity (Wildman–Crippen MR) is 139 cm³/mol. The quantitative estimate of drug-likeness (QED) is 0.480. The zero-order chi connectivity index (χ0) is 25.6. The summed E-state index contributed by atoms with van der Waals surface area (Å²) in [6.45, 7) is 1.35.